The summed E-state index contributed by atoms with van der Waals surface area (Å²) in [6.07, 6.45) is 2.71. The highest BCUT2D eigenvalue weighted by molar-refractivity contribution is 7.91. The fraction of sp³-hybridized carbons (Fsp3) is 0.357. The first kappa shape index (κ1) is 16.4. The zero-order valence-electron chi connectivity index (χ0n) is 12.3. The van der Waals surface area contributed by atoms with E-state index in [0.29, 0.717) is 12.2 Å². The Morgan fingerprint density at radius 3 is 2.45 bits per heavy atom. The Bertz CT molecular complexity index is 740. The second-order valence-corrected chi connectivity index (χ2v) is 6.73. The number of aromatic nitrogens is 2. The van der Waals surface area contributed by atoms with Crippen LogP contribution >= 0.6 is 0 Å². The Morgan fingerprint density at radius 1 is 1.27 bits per heavy atom. The van der Waals surface area contributed by atoms with Crippen LogP contribution in [0.3, 0.4) is 0 Å². The molecule has 0 amide bonds. The molecule has 0 spiro atoms. The van der Waals surface area contributed by atoms with Gasteiger partial charge in [-0.25, -0.2) is 8.42 Å². The summed E-state index contributed by atoms with van der Waals surface area (Å²) in [5, 5.41) is 7.44. The molecular weight excluding hydrogens is 312 g/mol. The van der Waals surface area contributed by atoms with Gasteiger partial charge in [-0.2, -0.15) is 13.9 Å². The molecule has 1 aromatic carbocycles. The quantitative estimate of drug-likeness (QED) is 0.885. The molecule has 0 bridgehead atoms. The first-order valence-electron chi connectivity index (χ1n) is 6.72. The van der Waals surface area contributed by atoms with Crippen molar-refractivity contribution in [2.75, 3.05) is 5.32 Å². The monoisotopic (exact) mass is 329 g/mol. The van der Waals surface area contributed by atoms with Gasteiger partial charge in [0.2, 0.25) is 9.84 Å². The van der Waals surface area contributed by atoms with Crippen molar-refractivity contribution in [3.05, 3.63) is 41.7 Å². The minimum absolute atomic E-state index is 0.385. The summed E-state index contributed by atoms with van der Waals surface area (Å²) in [4.78, 5) is -0.385. The third kappa shape index (κ3) is 3.44. The summed E-state index contributed by atoms with van der Waals surface area (Å²) in [7, 11) is -2.70. The van der Waals surface area contributed by atoms with E-state index < -0.39 is 15.6 Å². The Morgan fingerprint density at radius 2 is 1.91 bits per heavy atom. The first-order valence-corrected chi connectivity index (χ1v) is 8.26. The highest BCUT2D eigenvalue weighted by Crippen LogP contribution is 2.20. The average molecular weight is 329 g/mol. The summed E-state index contributed by atoms with van der Waals surface area (Å²) in [5.41, 5.74) is 2.67. The van der Waals surface area contributed by atoms with E-state index in [4.69, 9.17) is 0 Å². The predicted octanol–water partition coefficient (Wildman–Crippen LogP) is 2.59. The second kappa shape index (κ2) is 6.43. The highest BCUT2D eigenvalue weighted by atomic mass is 32.2. The van der Waals surface area contributed by atoms with Crippen molar-refractivity contribution in [3.63, 3.8) is 0 Å². The van der Waals surface area contributed by atoms with Crippen molar-refractivity contribution in [3.8, 4) is 0 Å². The molecule has 2 aromatic rings. The summed E-state index contributed by atoms with van der Waals surface area (Å²) < 4.78 is 49.3. The van der Waals surface area contributed by atoms with Gasteiger partial charge in [0.15, 0.2) is 0 Å². The Balaban J connectivity index is 2.09. The van der Waals surface area contributed by atoms with Crippen LogP contribution in [-0.4, -0.2) is 24.0 Å². The van der Waals surface area contributed by atoms with Crippen LogP contribution in [0.1, 0.15) is 18.2 Å². The minimum Gasteiger partial charge on any atom is -0.381 e. The van der Waals surface area contributed by atoms with E-state index in [-0.39, 0.29) is 4.90 Å². The maximum absolute atomic E-state index is 12.4. The van der Waals surface area contributed by atoms with Gasteiger partial charge in [0, 0.05) is 31.0 Å². The van der Waals surface area contributed by atoms with E-state index in [1.165, 1.54) is 24.3 Å². The molecule has 0 aliphatic rings. The fourth-order valence-electron chi connectivity index (χ4n) is 2.09. The number of nitrogens with zero attached hydrogens (tertiary/aromatic N) is 2. The molecule has 5 nitrogen and oxygen atoms in total. The minimum atomic E-state index is -4.54. The van der Waals surface area contributed by atoms with Crippen LogP contribution in [0.5, 0.6) is 0 Å². The molecule has 0 radical (unpaired) electrons. The molecule has 2 rings (SSSR count). The standard InChI is InChI=1S/C14H17F2N3O2S/c1-3-13-10(9-19(2)18-13)8-17-11-4-6-12(7-5-11)22(20,21)14(15)16/h4-7,9,14,17H,3,8H2,1-2H3. The topological polar surface area (TPSA) is 64.0 Å². The number of aryl methyl sites for hydroxylation is 2. The Kier molecular flexibility index (Phi) is 4.80. The fourth-order valence-corrected chi connectivity index (χ4v) is 2.81. The first-order chi connectivity index (χ1) is 10.3. The molecule has 0 aliphatic heterocycles. The van der Waals surface area contributed by atoms with E-state index in [1.54, 1.807) is 4.68 Å². The van der Waals surface area contributed by atoms with Gasteiger partial charge in [0.05, 0.1) is 10.6 Å². The van der Waals surface area contributed by atoms with E-state index in [9.17, 15) is 17.2 Å². The molecule has 1 heterocycles. The third-order valence-electron chi connectivity index (χ3n) is 3.23. The lowest BCUT2D eigenvalue weighted by molar-refractivity contribution is 0.234. The average Bonchev–Trinajstić information content (AvgIpc) is 2.85. The van der Waals surface area contributed by atoms with Crippen molar-refractivity contribution in [2.24, 2.45) is 7.05 Å². The van der Waals surface area contributed by atoms with E-state index in [0.717, 1.165) is 17.7 Å². The van der Waals surface area contributed by atoms with E-state index in [2.05, 4.69) is 10.4 Å². The molecule has 1 aromatic heterocycles. The number of benzene rings is 1. The summed E-state index contributed by atoms with van der Waals surface area (Å²) in [6, 6.07) is 5.29. The largest absolute Gasteiger partial charge is 0.381 e. The third-order valence-corrected chi connectivity index (χ3v) is 4.63. The van der Waals surface area contributed by atoms with Crippen LogP contribution in [0.25, 0.3) is 0 Å². The zero-order chi connectivity index (χ0) is 16.3. The van der Waals surface area contributed by atoms with E-state index >= 15 is 0 Å². The smallest absolute Gasteiger partial charge is 0.341 e. The molecule has 0 unspecified atom stereocenters. The van der Waals surface area contributed by atoms with Gasteiger partial charge in [-0.15, -0.1) is 0 Å². The van der Waals surface area contributed by atoms with Gasteiger partial charge in [0.25, 0.3) is 0 Å². The lowest BCUT2D eigenvalue weighted by Gasteiger charge is -2.08. The number of alkyl halides is 2. The van der Waals surface area contributed by atoms with Crippen molar-refractivity contribution in [1.29, 1.82) is 0 Å². The number of rotatable bonds is 6. The zero-order valence-corrected chi connectivity index (χ0v) is 13.1. The molecule has 0 atom stereocenters. The second-order valence-electron chi connectivity index (χ2n) is 4.81. The maximum atomic E-state index is 12.4. The van der Waals surface area contributed by atoms with Gasteiger partial charge in [0.1, 0.15) is 0 Å². The van der Waals surface area contributed by atoms with Crippen LogP contribution in [0.2, 0.25) is 0 Å². The number of nitrogens with one attached hydrogen (secondary N) is 1. The molecular formula is C14H17F2N3O2S. The molecule has 120 valence electrons. The van der Waals surface area contributed by atoms with Gasteiger partial charge >= 0.3 is 5.76 Å². The number of sulfone groups is 1. The van der Waals surface area contributed by atoms with Gasteiger partial charge in [-0.3, -0.25) is 4.68 Å². The van der Waals surface area contributed by atoms with Crippen molar-refractivity contribution < 1.29 is 17.2 Å². The Labute approximate surface area is 127 Å². The molecule has 0 aliphatic carbocycles. The number of anilines is 1. The maximum Gasteiger partial charge on any atom is 0.341 e. The van der Waals surface area contributed by atoms with Crippen molar-refractivity contribution in [2.45, 2.75) is 30.5 Å². The lowest BCUT2D eigenvalue weighted by Crippen LogP contribution is -2.11. The van der Waals surface area contributed by atoms with Crippen molar-refractivity contribution >= 4 is 15.5 Å². The van der Waals surface area contributed by atoms with Gasteiger partial charge < -0.3 is 5.32 Å². The molecule has 1 N–H and O–H groups in total. The number of hydrogen-bond donors (Lipinski definition) is 1. The molecule has 0 saturated carbocycles. The van der Waals surface area contributed by atoms with Crippen LogP contribution in [-0.2, 0) is 29.9 Å². The SMILES string of the molecule is CCc1nn(C)cc1CNc1ccc(S(=O)(=O)C(F)F)cc1. The summed E-state index contributed by atoms with van der Waals surface area (Å²) >= 11 is 0. The molecule has 22 heavy (non-hydrogen) atoms. The lowest BCUT2D eigenvalue weighted by atomic mass is 10.2. The highest BCUT2D eigenvalue weighted by Gasteiger charge is 2.26. The van der Waals surface area contributed by atoms with Crippen molar-refractivity contribution in [1.82, 2.24) is 9.78 Å². The molecule has 0 saturated heterocycles. The van der Waals surface area contributed by atoms with Crippen LogP contribution in [0, 0.1) is 0 Å². The van der Waals surface area contributed by atoms with E-state index in [1.807, 2.05) is 20.2 Å². The number of halogens is 2. The normalized spacial score (nSPS) is 11.9. The molecule has 0 fully saturated rings. The summed E-state index contributed by atoms with van der Waals surface area (Å²) in [5.74, 6) is -3.41. The molecule has 8 heteroatoms. The number of hydrogen-bond acceptors (Lipinski definition) is 4. The predicted molar refractivity (Wildman–Crippen MR) is 79.5 cm³/mol. The van der Waals surface area contributed by atoms with Gasteiger partial charge in [-0.05, 0) is 30.7 Å². The van der Waals surface area contributed by atoms with Crippen LogP contribution in [0.4, 0.5) is 14.5 Å². The van der Waals surface area contributed by atoms with Crippen LogP contribution in [0.15, 0.2) is 35.4 Å². The Hall–Kier alpha value is -1.96. The van der Waals surface area contributed by atoms with Crippen LogP contribution < -0.4 is 5.32 Å². The summed E-state index contributed by atoms with van der Waals surface area (Å²) in [6.45, 7) is 2.54. The van der Waals surface area contributed by atoms with Gasteiger partial charge in [-0.1, -0.05) is 6.92 Å².